The molecule has 1 aromatic rings. The first kappa shape index (κ1) is 12.2. The van der Waals surface area contributed by atoms with Gasteiger partial charge in [-0.1, -0.05) is 45.9 Å². The molecule has 0 saturated heterocycles. The molecule has 1 saturated carbocycles. The van der Waals surface area contributed by atoms with Crippen molar-refractivity contribution in [3.63, 3.8) is 0 Å². The monoisotopic (exact) mass is 208 g/mol. The summed E-state index contributed by atoms with van der Waals surface area (Å²) < 4.78 is 13.8. The Morgan fingerprint density at radius 2 is 1.80 bits per heavy atom. The predicted molar refractivity (Wildman–Crippen MR) is 63.8 cm³/mol. The van der Waals surface area contributed by atoms with Crippen LogP contribution < -0.4 is 0 Å². The summed E-state index contributed by atoms with van der Waals surface area (Å²) >= 11 is 0. The minimum Gasteiger partial charge on any atom is -0.206 e. The molecular weight excluding hydrogens is 187 g/mol. The molecule has 0 amide bonds. The third-order valence-electron chi connectivity index (χ3n) is 2.70. The molecule has 0 radical (unpaired) electrons. The van der Waals surface area contributed by atoms with Crippen molar-refractivity contribution in [1.82, 2.24) is 0 Å². The van der Waals surface area contributed by atoms with Crippen molar-refractivity contribution in [1.29, 1.82) is 0 Å². The highest BCUT2D eigenvalue weighted by atomic mass is 19.1. The summed E-state index contributed by atoms with van der Waals surface area (Å²) in [6.07, 6.45) is 2.33. The summed E-state index contributed by atoms with van der Waals surface area (Å²) in [5, 5.41) is 0. The second-order valence-electron chi connectivity index (χ2n) is 4.18. The Balaban J connectivity index is 0.000000531. The molecule has 0 unspecified atom stereocenters. The Kier molecular flexibility index (Phi) is 4.31. The molecular formula is C14H21F. The van der Waals surface area contributed by atoms with Gasteiger partial charge in [0.05, 0.1) is 0 Å². The molecule has 1 aliphatic rings. The van der Waals surface area contributed by atoms with Crippen molar-refractivity contribution >= 4 is 0 Å². The standard InChI is InChI=1S/C12H15F.C2H6/c1-8(2)10-4-3-5-11(12(10)13)9-6-7-9;1-2/h3-5,8-9H,6-7H2,1-2H3;1-2H3. The highest BCUT2D eigenvalue weighted by Crippen LogP contribution is 2.42. The molecule has 0 N–H and O–H groups in total. The van der Waals surface area contributed by atoms with Gasteiger partial charge in [-0.15, -0.1) is 0 Å². The van der Waals surface area contributed by atoms with Crippen LogP contribution in [0.5, 0.6) is 0 Å². The van der Waals surface area contributed by atoms with Gasteiger partial charge >= 0.3 is 0 Å². The summed E-state index contributed by atoms with van der Waals surface area (Å²) in [4.78, 5) is 0. The van der Waals surface area contributed by atoms with Gasteiger partial charge in [0.15, 0.2) is 0 Å². The Hall–Kier alpha value is -0.850. The Morgan fingerprint density at radius 3 is 2.27 bits per heavy atom. The smallest absolute Gasteiger partial charge is 0.130 e. The van der Waals surface area contributed by atoms with E-state index in [1.165, 1.54) is 12.8 Å². The van der Waals surface area contributed by atoms with E-state index in [2.05, 4.69) is 0 Å². The third kappa shape index (κ3) is 2.80. The van der Waals surface area contributed by atoms with Gasteiger partial charge in [-0.3, -0.25) is 0 Å². The van der Waals surface area contributed by atoms with Gasteiger partial charge in [-0.2, -0.15) is 0 Å². The maximum atomic E-state index is 13.8. The molecule has 2 rings (SSSR count). The van der Waals surface area contributed by atoms with Crippen molar-refractivity contribution in [2.24, 2.45) is 0 Å². The van der Waals surface area contributed by atoms with E-state index in [0.717, 1.165) is 11.1 Å². The fraction of sp³-hybridized carbons (Fsp3) is 0.571. The van der Waals surface area contributed by atoms with Gasteiger partial charge in [-0.25, -0.2) is 4.39 Å². The van der Waals surface area contributed by atoms with E-state index in [9.17, 15) is 4.39 Å². The molecule has 84 valence electrons. The quantitative estimate of drug-likeness (QED) is 0.651. The second-order valence-corrected chi connectivity index (χ2v) is 4.18. The van der Waals surface area contributed by atoms with Crippen molar-refractivity contribution in [3.8, 4) is 0 Å². The van der Waals surface area contributed by atoms with E-state index >= 15 is 0 Å². The zero-order valence-electron chi connectivity index (χ0n) is 10.2. The van der Waals surface area contributed by atoms with Crippen LogP contribution in [-0.2, 0) is 0 Å². The fourth-order valence-electron chi connectivity index (χ4n) is 1.72. The lowest BCUT2D eigenvalue weighted by molar-refractivity contribution is 0.583. The van der Waals surface area contributed by atoms with Gasteiger partial charge in [0.25, 0.3) is 0 Å². The number of rotatable bonds is 2. The van der Waals surface area contributed by atoms with E-state index in [0.29, 0.717) is 11.8 Å². The molecule has 0 bridgehead atoms. The van der Waals surface area contributed by atoms with Crippen molar-refractivity contribution in [3.05, 3.63) is 35.1 Å². The summed E-state index contributed by atoms with van der Waals surface area (Å²) in [7, 11) is 0. The summed E-state index contributed by atoms with van der Waals surface area (Å²) in [5.74, 6) is 0.845. The highest BCUT2D eigenvalue weighted by molar-refractivity contribution is 5.32. The van der Waals surface area contributed by atoms with Crippen molar-refractivity contribution in [2.75, 3.05) is 0 Å². The van der Waals surface area contributed by atoms with Gasteiger partial charge < -0.3 is 0 Å². The average molecular weight is 208 g/mol. The van der Waals surface area contributed by atoms with E-state index in [1.807, 2.05) is 45.9 Å². The molecule has 0 atom stereocenters. The van der Waals surface area contributed by atoms with E-state index < -0.39 is 0 Å². The summed E-state index contributed by atoms with van der Waals surface area (Å²) in [6.45, 7) is 8.07. The zero-order chi connectivity index (χ0) is 11.4. The van der Waals surface area contributed by atoms with Crippen LogP contribution in [0, 0.1) is 5.82 Å². The van der Waals surface area contributed by atoms with Crippen molar-refractivity contribution < 1.29 is 4.39 Å². The Labute approximate surface area is 92.5 Å². The molecule has 1 aromatic carbocycles. The molecule has 0 nitrogen and oxygen atoms in total. The minimum atomic E-state index is 0.0417. The Morgan fingerprint density at radius 1 is 1.20 bits per heavy atom. The SMILES string of the molecule is CC.CC(C)c1cccc(C2CC2)c1F. The number of halogens is 1. The van der Waals surface area contributed by atoms with Crippen LogP contribution in [0.3, 0.4) is 0 Å². The van der Waals surface area contributed by atoms with Gasteiger partial charge in [-0.05, 0) is 35.8 Å². The van der Waals surface area contributed by atoms with Crippen LogP contribution >= 0.6 is 0 Å². The third-order valence-corrected chi connectivity index (χ3v) is 2.70. The molecule has 1 heteroatoms. The van der Waals surface area contributed by atoms with Crippen LogP contribution in [0.4, 0.5) is 4.39 Å². The average Bonchev–Trinajstić information content (AvgIpc) is 3.04. The molecule has 0 spiro atoms. The van der Waals surface area contributed by atoms with Crippen LogP contribution in [0.1, 0.15) is 63.5 Å². The molecule has 15 heavy (non-hydrogen) atoms. The van der Waals surface area contributed by atoms with Crippen LogP contribution in [0.25, 0.3) is 0 Å². The molecule has 0 heterocycles. The fourth-order valence-corrected chi connectivity index (χ4v) is 1.72. The van der Waals surface area contributed by atoms with Crippen molar-refractivity contribution in [2.45, 2.75) is 52.4 Å². The van der Waals surface area contributed by atoms with E-state index in [-0.39, 0.29) is 5.82 Å². The predicted octanol–water partition coefficient (Wildman–Crippen LogP) is 4.85. The lowest BCUT2D eigenvalue weighted by Crippen LogP contribution is -1.96. The largest absolute Gasteiger partial charge is 0.206 e. The number of hydrogen-bond donors (Lipinski definition) is 0. The van der Waals surface area contributed by atoms with E-state index in [1.54, 1.807) is 0 Å². The van der Waals surface area contributed by atoms with Crippen LogP contribution in [0.2, 0.25) is 0 Å². The first-order valence-corrected chi connectivity index (χ1v) is 5.98. The number of benzene rings is 1. The molecule has 1 aliphatic carbocycles. The first-order chi connectivity index (χ1) is 7.20. The summed E-state index contributed by atoms with van der Waals surface area (Å²) in [5.41, 5.74) is 1.80. The maximum Gasteiger partial charge on any atom is 0.130 e. The molecule has 1 fully saturated rings. The lowest BCUT2D eigenvalue weighted by atomic mass is 9.98. The first-order valence-electron chi connectivity index (χ1n) is 5.98. The Bertz CT molecular complexity index is 291. The summed E-state index contributed by atoms with van der Waals surface area (Å²) in [6, 6.07) is 5.80. The molecule has 0 aliphatic heterocycles. The van der Waals surface area contributed by atoms with Gasteiger partial charge in [0.2, 0.25) is 0 Å². The lowest BCUT2D eigenvalue weighted by Gasteiger charge is -2.09. The normalized spacial score (nSPS) is 14.8. The van der Waals surface area contributed by atoms with E-state index in [4.69, 9.17) is 0 Å². The second kappa shape index (κ2) is 5.29. The van der Waals surface area contributed by atoms with Gasteiger partial charge in [0.1, 0.15) is 5.82 Å². The highest BCUT2D eigenvalue weighted by Gasteiger charge is 2.27. The van der Waals surface area contributed by atoms with Crippen LogP contribution in [-0.4, -0.2) is 0 Å². The number of hydrogen-bond acceptors (Lipinski definition) is 0. The zero-order valence-corrected chi connectivity index (χ0v) is 10.2. The minimum absolute atomic E-state index is 0.0417. The van der Waals surface area contributed by atoms with Gasteiger partial charge in [0, 0.05) is 0 Å². The molecule has 0 aromatic heterocycles. The topological polar surface area (TPSA) is 0 Å². The maximum absolute atomic E-state index is 13.8. The van der Waals surface area contributed by atoms with Crippen LogP contribution in [0.15, 0.2) is 18.2 Å².